The van der Waals surface area contributed by atoms with Gasteiger partial charge < -0.3 is 15.0 Å². The molecule has 0 spiro atoms. The Bertz CT molecular complexity index is 1410. The van der Waals surface area contributed by atoms with E-state index in [0.29, 0.717) is 22.8 Å². The Morgan fingerprint density at radius 1 is 1.17 bits per heavy atom. The van der Waals surface area contributed by atoms with Gasteiger partial charge in [-0.3, -0.25) is 14.2 Å². The number of carbonyl (C=O) groups excluding carboxylic acids is 1. The van der Waals surface area contributed by atoms with E-state index in [0.717, 1.165) is 41.3 Å². The number of carbonyl (C=O) groups is 1. The van der Waals surface area contributed by atoms with Crippen LogP contribution in [0.4, 0.5) is 5.69 Å². The van der Waals surface area contributed by atoms with Gasteiger partial charge >= 0.3 is 0 Å². The zero-order valence-corrected chi connectivity index (χ0v) is 21.2. The molecule has 3 heterocycles. The maximum Gasteiger partial charge on any atom is 0.267 e. The molecule has 180 valence electrons. The van der Waals surface area contributed by atoms with Gasteiger partial charge in [-0.25, -0.2) is 4.98 Å². The number of fused-ring (bicyclic) bond motifs is 3. The van der Waals surface area contributed by atoms with Gasteiger partial charge in [0.05, 0.1) is 23.4 Å². The maximum atomic E-state index is 13.9. The minimum absolute atomic E-state index is 0.0906. The highest BCUT2D eigenvalue weighted by Crippen LogP contribution is 2.34. The lowest BCUT2D eigenvalue weighted by atomic mass is 10.1. The lowest BCUT2D eigenvalue weighted by Gasteiger charge is -2.21. The second kappa shape index (κ2) is 10.2. The number of thiophene rings is 1. The van der Waals surface area contributed by atoms with Gasteiger partial charge in [0.25, 0.3) is 5.56 Å². The van der Waals surface area contributed by atoms with Crippen LogP contribution in [0.15, 0.2) is 64.5 Å². The van der Waals surface area contributed by atoms with Gasteiger partial charge in [0.2, 0.25) is 5.91 Å². The molecule has 0 unspecified atom stereocenters. The SMILES string of the molecule is CCOc1ccc(-n2c(SCC(=O)Nc3ccccc3)nc3sc4c(c3c2=O)CCN(C)C4)cc1. The fraction of sp³-hybridized carbons (Fsp3) is 0.269. The highest BCUT2D eigenvalue weighted by Gasteiger charge is 2.24. The second-order valence-electron chi connectivity index (χ2n) is 8.34. The van der Waals surface area contributed by atoms with Crippen molar-refractivity contribution in [3.05, 3.63) is 75.4 Å². The molecule has 1 amide bonds. The predicted octanol–water partition coefficient (Wildman–Crippen LogP) is 4.56. The third-order valence-electron chi connectivity index (χ3n) is 5.83. The Labute approximate surface area is 211 Å². The first-order chi connectivity index (χ1) is 17.0. The van der Waals surface area contributed by atoms with Crippen molar-refractivity contribution in [1.82, 2.24) is 14.5 Å². The maximum absolute atomic E-state index is 13.9. The summed E-state index contributed by atoms with van der Waals surface area (Å²) in [7, 11) is 2.09. The number of hydrogen-bond acceptors (Lipinski definition) is 7. The van der Waals surface area contributed by atoms with Crippen molar-refractivity contribution in [3.8, 4) is 11.4 Å². The quantitative estimate of drug-likeness (QED) is 0.292. The third kappa shape index (κ3) is 4.98. The van der Waals surface area contributed by atoms with Crippen LogP contribution in [0.1, 0.15) is 17.4 Å². The molecular formula is C26H26N4O3S2. The van der Waals surface area contributed by atoms with Crippen molar-refractivity contribution >= 4 is 44.9 Å². The number of thioether (sulfide) groups is 1. The minimum Gasteiger partial charge on any atom is -0.494 e. The summed E-state index contributed by atoms with van der Waals surface area (Å²) >= 11 is 2.85. The molecule has 0 fully saturated rings. The molecule has 0 radical (unpaired) electrons. The topological polar surface area (TPSA) is 76.5 Å². The van der Waals surface area contributed by atoms with Crippen LogP contribution in [0.5, 0.6) is 5.75 Å². The highest BCUT2D eigenvalue weighted by atomic mass is 32.2. The largest absolute Gasteiger partial charge is 0.494 e. The molecule has 0 bridgehead atoms. The van der Waals surface area contributed by atoms with Gasteiger partial charge in [-0.2, -0.15) is 0 Å². The van der Waals surface area contributed by atoms with Gasteiger partial charge in [0.15, 0.2) is 5.16 Å². The lowest BCUT2D eigenvalue weighted by Crippen LogP contribution is -2.27. The zero-order valence-electron chi connectivity index (χ0n) is 19.6. The number of amides is 1. The molecule has 7 nitrogen and oxygen atoms in total. The van der Waals surface area contributed by atoms with Crippen molar-refractivity contribution in [2.75, 3.05) is 31.3 Å². The van der Waals surface area contributed by atoms with Crippen LogP contribution in [0.3, 0.4) is 0 Å². The zero-order chi connectivity index (χ0) is 24.4. The van der Waals surface area contributed by atoms with Crippen molar-refractivity contribution in [2.45, 2.75) is 25.0 Å². The number of anilines is 1. The fourth-order valence-corrected chi connectivity index (χ4v) is 6.34. The van der Waals surface area contributed by atoms with Crippen LogP contribution in [0, 0.1) is 0 Å². The van der Waals surface area contributed by atoms with E-state index in [1.807, 2.05) is 61.5 Å². The molecule has 9 heteroatoms. The van der Waals surface area contributed by atoms with E-state index in [9.17, 15) is 9.59 Å². The van der Waals surface area contributed by atoms with Gasteiger partial charge in [-0.1, -0.05) is 30.0 Å². The Balaban J connectivity index is 1.53. The summed E-state index contributed by atoms with van der Waals surface area (Å²) in [6.45, 7) is 4.24. The number of rotatable bonds is 7. The number of benzene rings is 2. The number of nitrogens with zero attached hydrogens (tertiary/aromatic N) is 3. The Kier molecular flexibility index (Phi) is 6.90. The van der Waals surface area contributed by atoms with E-state index in [1.165, 1.54) is 16.6 Å². The standard InChI is InChI=1S/C26H26N4O3S2/c1-3-33-19-11-9-18(10-12-19)30-25(32)23-20-13-14-29(2)15-21(20)35-24(23)28-26(30)34-16-22(31)27-17-7-5-4-6-8-17/h4-12H,3,13-16H2,1-2H3,(H,27,31). The molecule has 1 aliphatic heterocycles. The summed E-state index contributed by atoms with van der Waals surface area (Å²) in [5, 5.41) is 4.10. The summed E-state index contributed by atoms with van der Waals surface area (Å²) in [6, 6.07) is 16.8. The van der Waals surface area contributed by atoms with Gasteiger partial charge in [0.1, 0.15) is 10.6 Å². The second-order valence-corrected chi connectivity index (χ2v) is 10.4. The smallest absolute Gasteiger partial charge is 0.267 e. The molecule has 0 saturated carbocycles. The molecule has 5 rings (SSSR count). The monoisotopic (exact) mass is 506 g/mol. The van der Waals surface area contributed by atoms with Crippen LogP contribution in [0.25, 0.3) is 15.9 Å². The fourth-order valence-electron chi connectivity index (χ4n) is 4.18. The third-order valence-corrected chi connectivity index (χ3v) is 7.88. The van der Waals surface area contributed by atoms with Crippen LogP contribution in [-0.2, 0) is 17.8 Å². The average Bonchev–Trinajstić information content (AvgIpc) is 3.22. The number of nitrogens with one attached hydrogen (secondary N) is 1. The van der Waals surface area contributed by atoms with E-state index >= 15 is 0 Å². The molecule has 0 atom stereocenters. The van der Waals surface area contributed by atoms with Gasteiger partial charge in [-0.15, -0.1) is 11.3 Å². The Morgan fingerprint density at radius 2 is 1.94 bits per heavy atom. The number of para-hydroxylation sites is 1. The van der Waals surface area contributed by atoms with Crippen LogP contribution in [0.2, 0.25) is 0 Å². The summed E-state index contributed by atoms with van der Waals surface area (Å²) in [5.74, 6) is 0.726. The van der Waals surface area contributed by atoms with Crippen molar-refractivity contribution < 1.29 is 9.53 Å². The summed E-state index contributed by atoms with van der Waals surface area (Å²) in [6.07, 6.45) is 0.831. The van der Waals surface area contributed by atoms with E-state index in [1.54, 1.807) is 15.9 Å². The first kappa shape index (κ1) is 23.6. The molecule has 1 aliphatic rings. The number of ether oxygens (including phenoxy) is 1. The summed E-state index contributed by atoms with van der Waals surface area (Å²) in [4.78, 5) is 35.6. The minimum atomic E-state index is -0.152. The van der Waals surface area contributed by atoms with Gasteiger partial charge in [-0.05, 0) is 62.4 Å². The summed E-state index contributed by atoms with van der Waals surface area (Å²) < 4.78 is 7.20. The van der Waals surface area contributed by atoms with Crippen molar-refractivity contribution in [2.24, 2.45) is 0 Å². The lowest BCUT2D eigenvalue weighted by molar-refractivity contribution is -0.113. The predicted molar refractivity (Wildman–Crippen MR) is 142 cm³/mol. The summed E-state index contributed by atoms with van der Waals surface area (Å²) in [5.41, 5.74) is 2.46. The molecular weight excluding hydrogens is 480 g/mol. The van der Waals surface area contributed by atoms with Crippen molar-refractivity contribution in [1.29, 1.82) is 0 Å². The Morgan fingerprint density at radius 3 is 2.69 bits per heavy atom. The molecule has 0 aliphatic carbocycles. The van der Waals surface area contributed by atoms with Crippen LogP contribution < -0.4 is 15.6 Å². The number of aromatic nitrogens is 2. The number of hydrogen-bond donors (Lipinski definition) is 1. The molecule has 0 saturated heterocycles. The first-order valence-corrected chi connectivity index (χ1v) is 13.3. The molecule has 2 aromatic heterocycles. The van der Waals surface area contributed by atoms with Crippen LogP contribution in [-0.4, -0.2) is 46.3 Å². The van der Waals surface area contributed by atoms with Crippen molar-refractivity contribution in [3.63, 3.8) is 0 Å². The Hall–Kier alpha value is -3.14. The average molecular weight is 507 g/mol. The molecule has 4 aromatic rings. The first-order valence-electron chi connectivity index (χ1n) is 11.5. The van der Waals surface area contributed by atoms with E-state index in [4.69, 9.17) is 9.72 Å². The van der Waals surface area contributed by atoms with Gasteiger partial charge in [0, 0.05) is 23.7 Å². The molecule has 2 aromatic carbocycles. The van der Waals surface area contributed by atoms with E-state index < -0.39 is 0 Å². The van der Waals surface area contributed by atoms with E-state index in [-0.39, 0.29) is 17.2 Å². The highest BCUT2D eigenvalue weighted by molar-refractivity contribution is 7.99. The molecule has 35 heavy (non-hydrogen) atoms. The normalized spacial score (nSPS) is 13.5. The van der Waals surface area contributed by atoms with E-state index in [2.05, 4.69) is 17.3 Å². The van der Waals surface area contributed by atoms with Crippen LogP contribution >= 0.6 is 23.1 Å². The number of likely N-dealkylation sites (N-methyl/N-ethyl adjacent to an activating group) is 1. The molecule has 1 N–H and O–H groups in total.